The van der Waals surface area contributed by atoms with Crippen molar-refractivity contribution in [1.82, 2.24) is 15.3 Å². The van der Waals surface area contributed by atoms with Crippen LogP contribution in [-0.2, 0) is 0 Å². The van der Waals surface area contributed by atoms with Crippen LogP contribution in [0.2, 0.25) is 0 Å². The van der Waals surface area contributed by atoms with Crippen molar-refractivity contribution in [2.24, 2.45) is 5.92 Å². The van der Waals surface area contributed by atoms with Gasteiger partial charge in [0.05, 0.1) is 0 Å². The molecule has 1 aromatic heterocycles. The van der Waals surface area contributed by atoms with Crippen LogP contribution in [0.3, 0.4) is 0 Å². The average molecular weight is 263 g/mol. The Hall–Kier alpha value is -1.36. The normalized spacial score (nSPS) is 20.2. The Morgan fingerprint density at radius 1 is 1.37 bits per heavy atom. The first kappa shape index (κ1) is 14.1. The minimum atomic E-state index is 0.648. The van der Waals surface area contributed by atoms with Crippen molar-refractivity contribution in [3.63, 3.8) is 0 Å². The van der Waals surface area contributed by atoms with E-state index in [1.54, 1.807) is 6.33 Å². The molecule has 1 aliphatic rings. The maximum atomic E-state index is 4.45. The highest BCUT2D eigenvalue weighted by Gasteiger charge is 2.16. The van der Waals surface area contributed by atoms with Gasteiger partial charge in [-0.3, -0.25) is 0 Å². The van der Waals surface area contributed by atoms with Crippen molar-refractivity contribution in [2.75, 3.05) is 49.1 Å². The van der Waals surface area contributed by atoms with Crippen molar-refractivity contribution >= 4 is 11.6 Å². The molecule has 0 bridgehead atoms. The number of rotatable bonds is 4. The van der Waals surface area contributed by atoms with Gasteiger partial charge in [0.2, 0.25) is 0 Å². The van der Waals surface area contributed by atoms with Crippen molar-refractivity contribution in [3.05, 3.63) is 12.4 Å². The highest BCUT2D eigenvalue weighted by Crippen LogP contribution is 2.19. The zero-order valence-electron chi connectivity index (χ0n) is 12.3. The number of nitrogens with one attached hydrogen (secondary N) is 1. The molecule has 0 saturated carbocycles. The molecule has 1 fully saturated rings. The smallest absolute Gasteiger partial charge is 0.134 e. The predicted molar refractivity (Wildman–Crippen MR) is 79.8 cm³/mol. The van der Waals surface area contributed by atoms with Crippen molar-refractivity contribution in [3.8, 4) is 0 Å². The van der Waals surface area contributed by atoms with E-state index in [9.17, 15) is 0 Å². The van der Waals surface area contributed by atoms with Gasteiger partial charge in [0.15, 0.2) is 0 Å². The topological polar surface area (TPSA) is 44.3 Å². The van der Waals surface area contributed by atoms with Gasteiger partial charge in [-0.1, -0.05) is 6.92 Å². The second-order valence-corrected chi connectivity index (χ2v) is 5.16. The summed E-state index contributed by atoms with van der Waals surface area (Å²) in [5.74, 6) is 2.72. The van der Waals surface area contributed by atoms with E-state index < -0.39 is 0 Å². The summed E-state index contributed by atoms with van der Waals surface area (Å²) in [5.41, 5.74) is 0. The van der Waals surface area contributed by atoms with Crippen LogP contribution in [0.4, 0.5) is 11.6 Å². The molecule has 0 amide bonds. The molecule has 0 spiro atoms. The summed E-state index contributed by atoms with van der Waals surface area (Å²) in [6.45, 7) is 12.7. The maximum Gasteiger partial charge on any atom is 0.134 e. The summed E-state index contributed by atoms with van der Waals surface area (Å²) in [4.78, 5) is 13.5. The molecule has 0 aliphatic carbocycles. The number of nitrogens with zero attached hydrogens (tertiary/aromatic N) is 4. The third-order valence-electron chi connectivity index (χ3n) is 3.63. The molecular formula is C14H25N5. The fourth-order valence-corrected chi connectivity index (χ4v) is 2.53. The predicted octanol–water partition coefficient (Wildman–Crippen LogP) is 1.37. The molecular weight excluding hydrogens is 238 g/mol. The first-order valence-electron chi connectivity index (χ1n) is 7.27. The molecule has 19 heavy (non-hydrogen) atoms. The Balaban J connectivity index is 2.17. The molecule has 5 nitrogen and oxygen atoms in total. The lowest BCUT2D eigenvalue weighted by Gasteiger charge is -2.25. The van der Waals surface area contributed by atoms with E-state index in [-0.39, 0.29) is 0 Å². The summed E-state index contributed by atoms with van der Waals surface area (Å²) in [6, 6.07) is 2.12. The molecule has 1 saturated heterocycles. The van der Waals surface area contributed by atoms with Crippen LogP contribution in [-0.4, -0.2) is 49.2 Å². The third kappa shape index (κ3) is 3.56. The van der Waals surface area contributed by atoms with E-state index in [1.807, 2.05) is 0 Å². The lowest BCUT2D eigenvalue weighted by atomic mass is 10.2. The van der Waals surface area contributed by atoms with Crippen LogP contribution in [0.15, 0.2) is 12.4 Å². The minimum absolute atomic E-state index is 0.648. The molecule has 5 heteroatoms. The van der Waals surface area contributed by atoms with E-state index >= 15 is 0 Å². The van der Waals surface area contributed by atoms with Gasteiger partial charge in [-0.2, -0.15) is 0 Å². The molecule has 0 radical (unpaired) electrons. The van der Waals surface area contributed by atoms with Gasteiger partial charge < -0.3 is 15.1 Å². The van der Waals surface area contributed by atoms with Crippen molar-refractivity contribution in [2.45, 2.75) is 20.8 Å². The van der Waals surface area contributed by atoms with E-state index in [2.05, 4.69) is 51.9 Å². The molecule has 1 aliphatic heterocycles. The van der Waals surface area contributed by atoms with Crippen LogP contribution < -0.4 is 15.1 Å². The fraction of sp³-hybridized carbons (Fsp3) is 0.714. The van der Waals surface area contributed by atoms with Gasteiger partial charge in [-0.15, -0.1) is 0 Å². The van der Waals surface area contributed by atoms with Gasteiger partial charge in [-0.25, -0.2) is 9.97 Å². The summed E-state index contributed by atoms with van der Waals surface area (Å²) < 4.78 is 0. The molecule has 0 aromatic carbocycles. The molecule has 1 unspecified atom stereocenters. The highest BCUT2D eigenvalue weighted by molar-refractivity contribution is 5.50. The van der Waals surface area contributed by atoms with Gasteiger partial charge in [0, 0.05) is 38.8 Å². The Labute approximate surface area is 116 Å². The lowest BCUT2D eigenvalue weighted by molar-refractivity contribution is 0.563. The third-order valence-corrected chi connectivity index (χ3v) is 3.63. The standard InChI is InChI=1S/C14H25N5/c1-4-18(5-2)13-8-14(17-11-16-13)19-7-6-15-9-12(3)10-19/h8,11-12,15H,4-7,9-10H2,1-3H3. The lowest BCUT2D eigenvalue weighted by Crippen LogP contribution is -2.31. The molecule has 2 heterocycles. The monoisotopic (exact) mass is 263 g/mol. The maximum absolute atomic E-state index is 4.45. The number of hydrogen-bond donors (Lipinski definition) is 1. The number of aromatic nitrogens is 2. The average Bonchev–Trinajstić information content (AvgIpc) is 2.65. The van der Waals surface area contributed by atoms with E-state index in [1.165, 1.54) is 0 Å². The Bertz CT molecular complexity index is 391. The number of hydrogen-bond acceptors (Lipinski definition) is 5. The molecule has 1 N–H and O–H groups in total. The Kier molecular flexibility index (Phi) is 4.96. The second-order valence-electron chi connectivity index (χ2n) is 5.16. The highest BCUT2D eigenvalue weighted by atomic mass is 15.2. The number of anilines is 2. The molecule has 106 valence electrons. The van der Waals surface area contributed by atoms with Crippen LogP contribution in [0.25, 0.3) is 0 Å². The zero-order valence-corrected chi connectivity index (χ0v) is 12.3. The quantitative estimate of drug-likeness (QED) is 0.889. The summed E-state index contributed by atoms with van der Waals surface area (Å²) in [6.07, 6.45) is 1.69. The molecule has 2 rings (SSSR count). The van der Waals surface area contributed by atoms with E-state index in [0.29, 0.717) is 5.92 Å². The fourth-order valence-electron chi connectivity index (χ4n) is 2.53. The van der Waals surface area contributed by atoms with Gasteiger partial charge in [-0.05, 0) is 26.3 Å². The minimum Gasteiger partial charge on any atom is -0.357 e. The summed E-state index contributed by atoms with van der Waals surface area (Å²) >= 11 is 0. The summed E-state index contributed by atoms with van der Waals surface area (Å²) in [7, 11) is 0. The molecule has 1 atom stereocenters. The largest absolute Gasteiger partial charge is 0.357 e. The zero-order chi connectivity index (χ0) is 13.7. The van der Waals surface area contributed by atoms with Crippen LogP contribution >= 0.6 is 0 Å². The van der Waals surface area contributed by atoms with Crippen LogP contribution in [0, 0.1) is 5.92 Å². The van der Waals surface area contributed by atoms with Crippen molar-refractivity contribution < 1.29 is 0 Å². The first-order chi connectivity index (χ1) is 9.24. The van der Waals surface area contributed by atoms with Crippen LogP contribution in [0.5, 0.6) is 0 Å². The van der Waals surface area contributed by atoms with Gasteiger partial charge >= 0.3 is 0 Å². The second kappa shape index (κ2) is 6.70. The van der Waals surface area contributed by atoms with Gasteiger partial charge in [0.25, 0.3) is 0 Å². The first-order valence-corrected chi connectivity index (χ1v) is 7.27. The van der Waals surface area contributed by atoms with E-state index in [0.717, 1.165) is 50.9 Å². The van der Waals surface area contributed by atoms with E-state index in [4.69, 9.17) is 0 Å². The SMILES string of the molecule is CCN(CC)c1cc(N2CCNCC(C)C2)ncn1. The molecule has 1 aromatic rings. The van der Waals surface area contributed by atoms with Gasteiger partial charge in [0.1, 0.15) is 18.0 Å². The van der Waals surface area contributed by atoms with Crippen molar-refractivity contribution in [1.29, 1.82) is 0 Å². The Morgan fingerprint density at radius 2 is 2.16 bits per heavy atom. The Morgan fingerprint density at radius 3 is 2.89 bits per heavy atom. The summed E-state index contributed by atoms with van der Waals surface area (Å²) in [5, 5.41) is 3.46. The van der Waals surface area contributed by atoms with Crippen LogP contribution in [0.1, 0.15) is 20.8 Å².